The van der Waals surface area contributed by atoms with Crippen LogP contribution in [0.25, 0.3) is 11.1 Å². The summed E-state index contributed by atoms with van der Waals surface area (Å²) >= 11 is 0. The maximum Gasteiger partial charge on any atom is 0.0451 e. The first kappa shape index (κ1) is 18.2. The van der Waals surface area contributed by atoms with Crippen molar-refractivity contribution in [2.45, 2.75) is 72.2 Å². The van der Waals surface area contributed by atoms with Crippen molar-refractivity contribution >= 4 is 11.4 Å². The first-order chi connectivity index (χ1) is 15.0. The van der Waals surface area contributed by atoms with E-state index in [1.54, 1.807) is 0 Å². The Hall–Kier alpha value is -2.54. The van der Waals surface area contributed by atoms with E-state index >= 15 is 0 Å². The van der Waals surface area contributed by atoms with E-state index in [-0.39, 0.29) is 23.7 Å². The maximum atomic E-state index is 8.95. The number of hydrogen-bond acceptors (Lipinski definition) is 1. The molecule has 3 aromatic rings. The smallest absolute Gasteiger partial charge is 0.0451 e. The van der Waals surface area contributed by atoms with E-state index in [1.165, 1.54) is 22.3 Å². The molecule has 2 unspecified atom stereocenters. The van der Waals surface area contributed by atoms with E-state index in [9.17, 15) is 0 Å². The summed E-state index contributed by atoms with van der Waals surface area (Å²) < 4.78 is 17.4. The third kappa shape index (κ3) is 3.07. The lowest BCUT2D eigenvalue weighted by Gasteiger charge is -2.41. The van der Waals surface area contributed by atoms with Crippen LogP contribution in [-0.4, -0.2) is 5.54 Å². The molecule has 3 aromatic carbocycles. The highest BCUT2D eigenvalue weighted by atomic mass is 15.2. The molecule has 2 atom stereocenters. The summed E-state index contributed by atoms with van der Waals surface area (Å²) in [6.07, 6.45) is -0.706. The second-order valence-electron chi connectivity index (χ2n) is 9.73. The number of para-hydroxylation sites is 1. The Morgan fingerprint density at radius 2 is 1.47 bits per heavy atom. The monoisotopic (exact) mass is 399 g/mol. The predicted molar refractivity (Wildman–Crippen MR) is 131 cm³/mol. The molecule has 1 aliphatic carbocycles. The number of hydrogen-bond donors (Lipinski definition) is 0. The van der Waals surface area contributed by atoms with Crippen molar-refractivity contribution in [1.82, 2.24) is 0 Å². The number of benzene rings is 3. The van der Waals surface area contributed by atoms with Gasteiger partial charge in [-0.15, -0.1) is 0 Å². The van der Waals surface area contributed by atoms with Gasteiger partial charge in [-0.2, -0.15) is 0 Å². The molecule has 0 saturated carbocycles. The number of anilines is 2. The summed E-state index contributed by atoms with van der Waals surface area (Å²) in [5, 5.41) is 0. The van der Waals surface area contributed by atoms with Gasteiger partial charge in [0.15, 0.2) is 0 Å². The fraction of sp³-hybridized carbons (Fsp3) is 0.379. The van der Waals surface area contributed by atoms with Crippen molar-refractivity contribution < 1.29 is 2.74 Å². The van der Waals surface area contributed by atoms with Gasteiger partial charge < -0.3 is 4.90 Å². The van der Waals surface area contributed by atoms with E-state index in [0.717, 1.165) is 22.5 Å². The van der Waals surface area contributed by atoms with Gasteiger partial charge in [-0.25, -0.2) is 0 Å². The van der Waals surface area contributed by atoms with Crippen LogP contribution in [0, 0.1) is 0 Å². The standard InChI is InChI=1S/C29H35N/c1-8-20-14-10-13-17-25(20)30(28(3,4)5)26-19-18-23-22-15-11-12-16-24(22)29(6,7)27(23)21(26)9-2/h10-19H,8-9H2,1-7H3/i8D,9D. The summed E-state index contributed by atoms with van der Waals surface area (Å²) in [5.41, 5.74) is 8.96. The van der Waals surface area contributed by atoms with Crippen molar-refractivity contribution in [3.05, 3.63) is 82.9 Å². The fourth-order valence-electron chi connectivity index (χ4n) is 5.18. The van der Waals surface area contributed by atoms with Crippen molar-refractivity contribution in [1.29, 1.82) is 0 Å². The third-order valence-corrected chi connectivity index (χ3v) is 6.43. The molecule has 156 valence electrons. The molecule has 0 heterocycles. The maximum absolute atomic E-state index is 8.95. The normalized spacial score (nSPS) is 17.4. The van der Waals surface area contributed by atoms with E-state index in [4.69, 9.17) is 2.74 Å². The molecule has 30 heavy (non-hydrogen) atoms. The molecule has 0 amide bonds. The Morgan fingerprint density at radius 3 is 2.13 bits per heavy atom. The summed E-state index contributed by atoms with van der Waals surface area (Å²) in [5.74, 6) is 0. The highest BCUT2D eigenvalue weighted by molar-refractivity contribution is 5.86. The molecule has 0 saturated heterocycles. The molecule has 1 heteroatoms. The third-order valence-electron chi connectivity index (χ3n) is 6.43. The topological polar surface area (TPSA) is 3.24 Å². The van der Waals surface area contributed by atoms with E-state index < -0.39 is 0 Å². The molecule has 0 radical (unpaired) electrons. The molecule has 0 bridgehead atoms. The lowest BCUT2D eigenvalue weighted by atomic mass is 9.79. The van der Waals surface area contributed by atoms with Gasteiger partial charge in [0.1, 0.15) is 0 Å². The Bertz CT molecular complexity index is 1150. The second-order valence-corrected chi connectivity index (χ2v) is 9.73. The molecule has 0 fully saturated rings. The number of nitrogens with zero attached hydrogens (tertiary/aromatic N) is 1. The first-order valence-corrected chi connectivity index (χ1v) is 11.0. The van der Waals surface area contributed by atoms with Gasteiger partial charge in [0, 0.05) is 25.1 Å². The van der Waals surface area contributed by atoms with Crippen LogP contribution in [0.1, 0.15) is 73.5 Å². The van der Waals surface area contributed by atoms with E-state index in [2.05, 4.69) is 94.1 Å². The van der Waals surface area contributed by atoms with Crippen molar-refractivity contribution in [3.63, 3.8) is 0 Å². The van der Waals surface area contributed by atoms with Crippen LogP contribution in [-0.2, 0) is 18.2 Å². The summed E-state index contributed by atoms with van der Waals surface area (Å²) in [6.45, 7) is 15.1. The molecular formula is C29H35N. The van der Waals surface area contributed by atoms with E-state index in [0.29, 0.717) is 0 Å². The number of rotatable bonds is 4. The lowest BCUT2D eigenvalue weighted by molar-refractivity contribution is 0.556. The SMILES string of the molecule is [2H]C(C)c1ccccc1N(c1ccc2c(c1C([2H])C)C(C)(C)c1ccccc1-2)C(C)(C)C. The van der Waals surface area contributed by atoms with Gasteiger partial charge in [-0.05, 0) is 79.1 Å². The minimum absolute atomic E-state index is 0.168. The van der Waals surface area contributed by atoms with Crippen LogP contribution in [0.2, 0.25) is 0 Å². The minimum atomic E-state index is -0.376. The number of aryl methyl sites for hydroxylation is 1. The molecule has 1 nitrogen and oxygen atoms in total. The van der Waals surface area contributed by atoms with Gasteiger partial charge in [0.25, 0.3) is 0 Å². The van der Waals surface area contributed by atoms with Crippen molar-refractivity contribution in [3.8, 4) is 11.1 Å². The zero-order chi connectivity index (χ0) is 23.4. The molecule has 0 aromatic heterocycles. The van der Waals surface area contributed by atoms with Gasteiger partial charge in [-0.3, -0.25) is 0 Å². The Balaban J connectivity index is 2.06. The second kappa shape index (κ2) is 7.30. The summed E-state index contributed by atoms with van der Waals surface area (Å²) in [4.78, 5) is 2.35. The lowest BCUT2D eigenvalue weighted by Crippen LogP contribution is -2.39. The van der Waals surface area contributed by atoms with Gasteiger partial charge in [0.05, 0.1) is 0 Å². The van der Waals surface area contributed by atoms with Gasteiger partial charge in [0.2, 0.25) is 0 Å². The molecule has 4 rings (SSSR count). The highest BCUT2D eigenvalue weighted by Gasteiger charge is 2.39. The largest absolute Gasteiger partial charge is 0.336 e. The van der Waals surface area contributed by atoms with Crippen molar-refractivity contribution in [2.24, 2.45) is 0 Å². The van der Waals surface area contributed by atoms with Crippen LogP contribution >= 0.6 is 0 Å². The zero-order valence-electron chi connectivity index (χ0n) is 21.4. The van der Waals surface area contributed by atoms with Crippen LogP contribution in [0.5, 0.6) is 0 Å². The fourth-order valence-corrected chi connectivity index (χ4v) is 5.18. The van der Waals surface area contributed by atoms with E-state index in [1.807, 2.05) is 19.9 Å². The quantitative estimate of drug-likeness (QED) is 0.429. The van der Waals surface area contributed by atoms with Crippen LogP contribution < -0.4 is 4.90 Å². The predicted octanol–water partition coefficient (Wildman–Crippen LogP) is 8.05. The molecule has 1 aliphatic rings. The molecule has 0 spiro atoms. The minimum Gasteiger partial charge on any atom is -0.336 e. The number of fused-ring (bicyclic) bond motifs is 3. The van der Waals surface area contributed by atoms with Gasteiger partial charge >= 0.3 is 0 Å². The van der Waals surface area contributed by atoms with Crippen LogP contribution in [0.15, 0.2) is 60.7 Å². The Morgan fingerprint density at radius 1 is 0.800 bits per heavy atom. The Kier molecular flexibility index (Phi) is 4.44. The molecule has 0 aliphatic heterocycles. The average molecular weight is 400 g/mol. The van der Waals surface area contributed by atoms with Crippen LogP contribution in [0.3, 0.4) is 0 Å². The average Bonchev–Trinajstić information content (AvgIpc) is 2.95. The van der Waals surface area contributed by atoms with Gasteiger partial charge in [-0.1, -0.05) is 76.2 Å². The molecule has 0 N–H and O–H groups in total. The summed E-state index contributed by atoms with van der Waals surface area (Å²) in [6, 6.07) is 21.4. The first-order valence-electron chi connectivity index (χ1n) is 12.1. The summed E-state index contributed by atoms with van der Waals surface area (Å²) in [7, 11) is 0. The highest BCUT2D eigenvalue weighted by Crippen LogP contribution is 2.53. The zero-order valence-corrected chi connectivity index (χ0v) is 19.4. The van der Waals surface area contributed by atoms with Crippen LogP contribution in [0.4, 0.5) is 11.4 Å². The van der Waals surface area contributed by atoms with Crippen molar-refractivity contribution in [2.75, 3.05) is 4.90 Å². The Labute approximate surface area is 185 Å². The molecular weight excluding hydrogens is 362 g/mol.